The van der Waals surface area contributed by atoms with E-state index in [1.54, 1.807) is 0 Å². The molecule has 2 saturated heterocycles. The Balaban J connectivity index is 1.21. The first-order valence-electron chi connectivity index (χ1n) is 9.34. The van der Waals surface area contributed by atoms with Gasteiger partial charge < -0.3 is 0 Å². The van der Waals surface area contributed by atoms with Crippen LogP contribution in [0.5, 0.6) is 0 Å². The van der Waals surface area contributed by atoms with E-state index < -0.39 is 0 Å². The summed E-state index contributed by atoms with van der Waals surface area (Å²) >= 11 is 0. The maximum atomic E-state index is 4.38. The summed E-state index contributed by atoms with van der Waals surface area (Å²) in [6.07, 6.45) is 3.34. The molecule has 0 unspecified atom stereocenters. The topological polar surface area (TPSA) is 37.2 Å². The number of fused-ring (bicyclic) bond motifs is 2. The highest BCUT2D eigenvalue weighted by atomic mass is 15.4. The van der Waals surface area contributed by atoms with Crippen molar-refractivity contribution >= 4 is 0 Å². The highest BCUT2D eigenvalue weighted by Crippen LogP contribution is 2.32. The Hall–Kier alpha value is -2.50. The van der Waals surface area contributed by atoms with Gasteiger partial charge in [0.15, 0.2) is 0 Å². The molecule has 1 aromatic heterocycles. The summed E-state index contributed by atoms with van der Waals surface area (Å²) in [6, 6.07) is 22.3. The largest absolute Gasteiger partial charge is 0.293 e. The van der Waals surface area contributed by atoms with E-state index in [9.17, 15) is 0 Å². The lowest BCUT2D eigenvalue weighted by molar-refractivity contribution is 0.117. The molecule has 132 valence electrons. The Morgan fingerprint density at radius 2 is 1.46 bits per heavy atom. The molecule has 2 atom stereocenters. The minimum Gasteiger partial charge on any atom is -0.293 e. The van der Waals surface area contributed by atoms with Crippen LogP contribution in [0.25, 0.3) is 5.69 Å². The quantitative estimate of drug-likeness (QED) is 0.713. The molecular weight excluding hydrogens is 322 g/mol. The number of rotatable bonds is 5. The van der Waals surface area contributed by atoms with Crippen LogP contribution in [0.15, 0.2) is 66.9 Å². The molecule has 0 spiro atoms. The van der Waals surface area contributed by atoms with E-state index in [1.165, 1.54) is 12.0 Å². The van der Waals surface area contributed by atoms with E-state index in [0.29, 0.717) is 12.1 Å². The van der Waals surface area contributed by atoms with Gasteiger partial charge in [-0.15, -0.1) is 5.10 Å². The van der Waals surface area contributed by atoms with Crippen molar-refractivity contribution in [3.05, 3.63) is 78.1 Å². The van der Waals surface area contributed by atoms with E-state index >= 15 is 0 Å². The predicted octanol–water partition coefficient (Wildman–Crippen LogP) is 2.73. The normalized spacial score (nSPS) is 22.9. The lowest BCUT2D eigenvalue weighted by atomic mass is 10.2. The molecule has 5 heteroatoms. The number of hydrogen-bond donors (Lipinski definition) is 0. The van der Waals surface area contributed by atoms with Gasteiger partial charge in [0.25, 0.3) is 0 Å². The van der Waals surface area contributed by atoms with Crippen molar-refractivity contribution < 1.29 is 0 Å². The zero-order chi connectivity index (χ0) is 17.3. The maximum absolute atomic E-state index is 4.38. The third-order valence-corrected chi connectivity index (χ3v) is 5.62. The third kappa shape index (κ3) is 3.04. The van der Waals surface area contributed by atoms with Gasteiger partial charge in [-0.1, -0.05) is 53.7 Å². The summed E-state index contributed by atoms with van der Waals surface area (Å²) in [5.74, 6) is 0. The fraction of sp³-hybridized carbons (Fsp3) is 0.333. The number of hydrogen-bond acceptors (Lipinski definition) is 4. The van der Waals surface area contributed by atoms with Gasteiger partial charge in [-0.3, -0.25) is 9.80 Å². The maximum Gasteiger partial charge on any atom is 0.0971 e. The van der Waals surface area contributed by atoms with Crippen LogP contribution in [0.4, 0.5) is 0 Å². The fourth-order valence-corrected chi connectivity index (χ4v) is 4.32. The fourth-order valence-electron chi connectivity index (χ4n) is 4.32. The minimum atomic E-state index is 0.644. The molecule has 26 heavy (non-hydrogen) atoms. The van der Waals surface area contributed by atoms with E-state index in [2.05, 4.69) is 68.8 Å². The van der Waals surface area contributed by atoms with E-state index in [0.717, 1.165) is 37.6 Å². The van der Waals surface area contributed by atoms with Gasteiger partial charge in [0.05, 0.1) is 17.6 Å². The molecule has 3 aromatic rings. The van der Waals surface area contributed by atoms with Crippen LogP contribution in [0.2, 0.25) is 0 Å². The second kappa shape index (κ2) is 6.67. The highest BCUT2D eigenvalue weighted by Gasteiger charge is 2.42. The van der Waals surface area contributed by atoms with Crippen molar-refractivity contribution in [2.24, 2.45) is 0 Å². The second-order valence-corrected chi connectivity index (χ2v) is 7.38. The Labute approximate surface area is 153 Å². The number of para-hydroxylation sites is 1. The van der Waals surface area contributed by atoms with Gasteiger partial charge in [0, 0.05) is 38.3 Å². The molecule has 5 rings (SSSR count). The van der Waals surface area contributed by atoms with Gasteiger partial charge >= 0.3 is 0 Å². The molecular formula is C21H23N5. The molecule has 0 amide bonds. The summed E-state index contributed by atoms with van der Waals surface area (Å²) in [6.45, 7) is 4.26. The molecule has 2 aliphatic heterocycles. The van der Waals surface area contributed by atoms with Crippen molar-refractivity contribution in [2.45, 2.75) is 31.6 Å². The molecule has 0 aliphatic carbocycles. The molecule has 0 radical (unpaired) electrons. The second-order valence-electron chi connectivity index (χ2n) is 7.38. The lowest BCUT2D eigenvalue weighted by Gasteiger charge is -2.33. The first kappa shape index (κ1) is 15.7. The number of piperazine rings is 1. The summed E-state index contributed by atoms with van der Waals surface area (Å²) < 4.78 is 1.87. The third-order valence-electron chi connectivity index (χ3n) is 5.62. The van der Waals surface area contributed by atoms with Gasteiger partial charge in [0.1, 0.15) is 0 Å². The average molecular weight is 345 g/mol. The molecule has 2 bridgehead atoms. The van der Waals surface area contributed by atoms with Crippen LogP contribution in [0.1, 0.15) is 17.7 Å². The zero-order valence-electron chi connectivity index (χ0n) is 14.8. The number of likely N-dealkylation sites (tertiary alicyclic amines) is 2. The Morgan fingerprint density at radius 1 is 0.808 bits per heavy atom. The number of aromatic nitrogens is 3. The van der Waals surface area contributed by atoms with Crippen LogP contribution in [-0.2, 0) is 13.1 Å². The van der Waals surface area contributed by atoms with E-state index in [-0.39, 0.29) is 0 Å². The average Bonchev–Trinajstić information content (AvgIpc) is 3.40. The minimum absolute atomic E-state index is 0.644. The molecule has 0 N–H and O–H groups in total. The van der Waals surface area contributed by atoms with Crippen molar-refractivity contribution in [3.63, 3.8) is 0 Å². The lowest BCUT2D eigenvalue weighted by Crippen LogP contribution is -2.45. The van der Waals surface area contributed by atoms with Crippen LogP contribution < -0.4 is 0 Å². The Morgan fingerprint density at radius 3 is 2.15 bits per heavy atom. The molecule has 2 aromatic carbocycles. The Bertz CT molecular complexity index is 860. The van der Waals surface area contributed by atoms with Crippen LogP contribution in [-0.4, -0.2) is 50.0 Å². The first-order chi connectivity index (χ1) is 12.8. The van der Waals surface area contributed by atoms with Gasteiger partial charge in [0.2, 0.25) is 0 Å². The Kier molecular flexibility index (Phi) is 4.03. The van der Waals surface area contributed by atoms with Crippen molar-refractivity contribution in [2.75, 3.05) is 13.1 Å². The number of benzene rings is 2. The smallest absolute Gasteiger partial charge is 0.0971 e. The van der Waals surface area contributed by atoms with Gasteiger partial charge in [-0.2, -0.15) is 0 Å². The van der Waals surface area contributed by atoms with Crippen molar-refractivity contribution in [1.29, 1.82) is 0 Å². The summed E-state index contributed by atoms with van der Waals surface area (Å²) in [4.78, 5) is 5.21. The molecule has 3 heterocycles. The van der Waals surface area contributed by atoms with Crippen LogP contribution in [0.3, 0.4) is 0 Å². The number of nitrogens with zero attached hydrogens (tertiary/aromatic N) is 5. The monoisotopic (exact) mass is 345 g/mol. The zero-order valence-corrected chi connectivity index (χ0v) is 14.8. The molecule has 2 aliphatic rings. The van der Waals surface area contributed by atoms with Crippen LogP contribution >= 0.6 is 0 Å². The van der Waals surface area contributed by atoms with Gasteiger partial charge in [-0.25, -0.2) is 4.68 Å². The standard InChI is InChI=1S/C21H23N5/c1-3-7-17(8-4-1)12-24-15-21-11-20(24)16-25(21)13-18-14-26(23-22-18)19-9-5-2-6-10-19/h1-10,14,20-21H,11-13,15-16H2/t20-,21-/m0/s1. The summed E-state index contributed by atoms with van der Waals surface area (Å²) in [7, 11) is 0. The molecule has 0 saturated carbocycles. The van der Waals surface area contributed by atoms with Crippen LogP contribution in [0, 0.1) is 0 Å². The first-order valence-corrected chi connectivity index (χ1v) is 9.34. The summed E-state index contributed by atoms with van der Waals surface area (Å²) in [5, 5.41) is 8.68. The highest BCUT2D eigenvalue weighted by molar-refractivity contribution is 5.30. The van der Waals surface area contributed by atoms with Gasteiger partial charge in [-0.05, 0) is 24.1 Å². The summed E-state index contributed by atoms with van der Waals surface area (Å²) in [5.41, 5.74) is 3.52. The molecule has 2 fully saturated rings. The van der Waals surface area contributed by atoms with E-state index in [4.69, 9.17) is 0 Å². The predicted molar refractivity (Wildman–Crippen MR) is 101 cm³/mol. The van der Waals surface area contributed by atoms with E-state index in [1.807, 2.05) is 22.9 Å². The van der Waals surface area contributed by atoms with Crippen molar-refractivity contribution in [1.82, 2.24) is 24.8 Å². The van der Waals surface area contributed by atoms with Crippen molar-refractivity contribution in [3.8, 4) is 5.69 Å². The SMILES string of the molecule is c1ccc(CN2C[C@@H]3C[C@H]2CN3Cc2cn(-c3ccccc3)nn2)cc1. The molecule has 5 nitrogen and oxygen atoms in total.